The van der Waals surface area contributed by atoms with Crippen LogP contribution in [0.4, 0.5) is 10.5 Å². The summed E-state index contributed by atoms with van der Waals surface area (Å²) in [4.78, 5) is 16.6. The Morgan fingerprint density at radius 1 is 1.36 bits per heavy atom. The van der Waals surface area contributed by atoms with E-state index < -0.39 is 0 Å². The third-order valence-electron chi connectivity index (χ3n) is 4.15. The first-order valence-corrected chi connectivity index (χ1v) is 7.61. The number of anilines is 1. The van der Waals surface area contributed by atoms with Crippen LogP contribution in [0.1, 0.15) is 24.8 Å². The number of methoxy groups -OCH3 is 1. The maximum absolute atomic E-state index is 12.2. The van der Waals surface area contributed by atoms with Gasteiger partial charge in [0, 0.05) is 24.7 Å². The lowest BCUT2D eigenvalue weighted by Crippen LogP contribution is -2.36. The third kappa shape index (κ3) is 3.20. The molecule has 2 N–H and O–H groups in total. The number of amides is 2. The molecule has 1 heterocycles. The van der Waals surface area contributed by atoms with Crippen molar-refractivity contribution in [1.29, 1.82) is 0 Å². The molecule has 1 aliphatic rings. The van der Waals surface area contributed by atoms with Crippen LogP contribution in [-0.2, 0) is 4.74 Å². The maximum Gasteiger partial charge on any atom is 0.319 e. The number of urea groups is 1. The molecule has 0 aliphatic heterocycles. The Hall–Kier alpha value is -2.14. The van der Waals surface area contributed by atoms with Crippen LogP contribution in [0.2, 0.25) is 0 Å². The molecule has 5 nitrogen and oxygen atoms in total. The van der Waals surface area contributed by atoms with Crippen molar-refractivity contribution >= 4 is 22.6 Å². The number of aromatic nitrogens is 1. The highest BCUT2D eigenvalue weighted by molar-refractivity contribution is 6.00. The average Bonchev–Trinajstić information content (AvgIpc) is 2.94. The van der Waals surface area contributed by atoms with Gasteiger partial charge in [0.05, 0.1) is 17.3 Å². The third-order valence-corrected chi connectivity index (χ3v) is 4.15. The normalized spacial score (nSPS) is 21.0. The van der Waals surface area contributed by atoms with E-state index in [-0.39, 0.29) is 18.2 Å². The highest BCUT2D eigenvalue weighted by Crippen LogP contribution is 2.24. The zero-order valence-corrected chi connectivity index (χ0v) is 12.9. The van der Waals surface area contributed by atoms with Crippen LogP contribution in [0.5, 0.6) is 0 Å². The number of carbonyl (C=O) groups excluding carboxylic acids is 1. The Morgan fingerprint density at radius 2 is 2.23 bits per heavy atom. The van der Waals surface area contributed by atoms with Crippen molar-refractivity contribution in [2.24, 2.45) is 0 Å². The lowest BCUT2D eigenvalue weighted by Gasteiger charge is -2.15. The number of ether oxygens (including phenoxy) is 1. The van der Waals surface area contributed by atoms with Crippen molar-refractivity contribution in [3.63, 3.8) is 0 Å². The van der Waals surface area contributed by atoms with Crippen LogP contribution in [0.3, 0.4) is 0 Å². The minimum atomic E-state index is -0.181. The van der Waals surface area contributed by atoms with E-state index in [2.05, 4.69) is 21.7 Å². The standard InChI is InChI=1S/C17H21N3O2/c1-11-8-12-4-3-7-18-16(12)15(9-11)20-17(21)19-13-5-6-14(10-13)22-2/h3-4,7-9,13-14H,5-6,10H2,1-2H3,(H2,19,20,21). The summed E-state index contributed by atoms with van der Waals surface area (Å²) in [6, 6.07) is 7.90. The van der Waals surface area contributed by atoms with E-state index in [0.29, 0.717) is 0 Å². The minimum absolute atomic E-state index is 0.175. The molecule has 0 saturated heterocycles. The maximum atomic E-state index is 12.2. The van der Waals surface area contributed by atoms with Crippen molar-refractivity contribution < 1.29 is 9.53 Å². The molecule has 3 rings (SSSR count). The van der Waals surface area contributed by atoms with E-state index >= 15 is 0 Å². The number of hydrogen-bond donors (Lipinski definition) is 2. The molecule has 1 aromatic heterocycles. The van der Waals surface area contributed by atoms with Gasteiger partial charge in [-0.15, -0.1) is 0 Å². The van der Waals surface area contributed by atoms with Gasteiger partial charge in [0.1, 0.15) is 0 Å². The molecule has 5 heteroatoms. The molecule has 2 amide bonds. The smallest absolute Gasteiger partial charge is 0.319 e. The monoisotopic (exact) mass is 299 g/mol. The highest BCUT2D eigenvalue weighted by Gasteiger charge is 2.25. The minimum Gasteiger partial charge on any atom is -0.381 e. The Bertz CT molecular complexity index is 687. The molecule has 1 fully saturated rings. The Kier molecular flexibility index (Phi) is 4.24. The van der Waals surface area contributed by atoms with Crippen LogP contribution >= 0.6 is 0 Å². The van der Waals surface area contributed by atoms with Crippen molar-refractivity contribution in [3.05, 3.63) is 36.0 Å². The van der Waals surface area contributed by atoms with E-state index in [1.165, 1.54) is 0 Å². The van der Waals surface area contributed by atoms with Crippen LogP contribution in [0.25, 0.3) is 10.9 Å². The van der Waals surface area contributed by atoms with Gasteiger partial charge in [-0.2, -0.15) is 0 Å². The summed E-state index contributed by atoms with van der Waals surface area (Å²) in [6.07, 6.45) is 4.82. The van der Waals surface area contributed by atoms with Gasteiger partial charge >= 0.3 is 6.03 Å². The number of aryl methyl sites for hydroxylation is 1. The summed E-state index contributed by atoms with van der Waals surface area (Å²) in [6.45, 7) is 2.01. The van der Waals surface area contributed by atoms with Gasteiger partial charge in [-0.05, 0) is 49.9 Å². The lowest BCUT2D eigenvalue weighted by molar-refractivity contribution is 0.107. The first-order chi connectivity index (χ1) is 10.7. The molecular weight excluding hydrogens is 278 g/mol. The van der Waals surface area contributed by atoms with E-state index in [0.717, 1.165) is 41.4 Å². The number of hydrogen-bond acceptors (Lipinski definition) is 3. The van der Waals surface area contributed by atoms with Crippen molar-refractivity contribution in [3.8, 4) is 0 Å². The van der Waals surface area contributed by atoms with Gasteiger partial charge in [0.15, 0.2) is 0 Å². The fourth-order valence-corrected chi connectivity index (χ4v) is 3.07. The second kappa shape index (κ2) is 6.32. The second-order valence-corrected chi connectivity index (χ2v) is 5.85. The van der Waals surface area contributed by atoms with Gasteiger partial charge in [0.25, 0.3) is 0 Å². The number of nitrogens with zero attached hydrogens (tertiary/aromatic N) is 1. The fourth-order valence-electron chi connectivity index (χ4n) is 3.07. The summed E-state index contributed by atoms with van der Waals surface area (Å²) in [5.41, 5.74) is 2.65. The molecule has 1 aromatic carbocycles. The van der Waals surface area contributed by atoms with Crippen LogP contribution in [0.15, 0.2) is 30.5 Å². The van der Waals surface area contributed by atoms with Gasteiger partial charge in [-0.3, -0.25) is 4.98 Å². The van der Waals surface area contributed by atoms with Gasteiger partial charge in [0.2, 0.25) is 0 Å². The van der Waals surface area contributed by atoms with Crippen molar-refractivity contribution in [1.82, 2.24) is 10.3 Å². The quantitative estimate of drug-likeness (QED) is 0.914. The number of nitrogens with one attached hydrogen (secondary N) is 2. The zero-order chi connectivity index (χ0) is 15.5. The number of rotatable bonds is 3. The average molecular weight is 299 g/mol. The first kappa shape index (κ1) is 14.8. The second-order valence-electron chi connectivity index (χ2n) is 5.85. The Morgan fingerprint density at radius 3 is 3.00 bits per heavy atom. The SMILES string of the molecule is COC1CCC(NC(=O)Nc2cc(C)cc3cccnc23)C1. The summed E-state index contributed by atoms with van der Waals surface area (Å²) in [5.74, 6) is 0. The summed E-state index contributed by atoms with van der Waals surface area (Å²) >= 11 is 0. The van der Waals surface area contributed by atoms with Gasteiger partial charge in [-0.1, -0.05) is 6.07 Å². The van der Waals surface area contributed by atoms with Crippen LogP contribution in [-0.4, -0.2) is 30.3 Å². The molecule has 2 unspecified atom stereocenters. The van der Waals surface area contributed by atoms with E-state index in [1.807, 2.05) is 25.1 Å². The number of benzene rings is 1. The zero-order valence-electron chi connectivity index (χ0n) is 12.9. The molecule has 0 radical (unpaired) electrons. The lowest BCUT2D eigenvalue weighted by atomic mass is 10.1. The Balaban J connectivity index is 1.72. The summed E-state index contributed by atoms with van der Waals surface area (Å²) in [5, 5.41) is 6.98. The summed E-state index contributed by atoms with van der Waals surface area (Å²) < 4.78 is 5.33. The fraction of sp³-hybridized carbons (Fsp3) is 0.412. The van der Waals surface area contributed by atoms with Crippen molar-refractivity contribution in [2.75, 3.05) is 12.4 Å². The van der Waals surface area contributed by atoms with E-state index in [4.69, 9.17) is 4.74 Å². The molecular formula is C17H21N3O2. The molecule has 1 saturated carbocycles. The van der Waals surface area contributed by atoms with Crippen LogP contribution in [0, 0.1) is 6.92 Å². The predicted molar refractivity (Wildman–Crippen MR) is 87.1 cm³/mol. The largest absolute Gasteiger partial charge is 0.381 e. The molecule has 116 valence electrons. The van der Waals surface area contributed by atoms with E-state index in [1.54, 1.807) is 13.3 Å². The number of fused-ring (bicyclic) bond motifs is 1. The molecule has 22 heavy (non-hydrogen) atoms. The molecule has 0 bridgehead atoms. The van der Waals surface area contributed by atoms with Crippen LogP contribution < -0.4 is 10.6 Å². The van der Waals surface area contributed by atoms with E-state index in [9.17, 15) is 4.79 Å². The van der Waals surface area contributed by atoms with Crippen molar-refractivity contribution in [2.45, 2.75) is 38.3 Å². The number of carbonyl (C=O) groups is 1. The highest BCUT2D eigenvalue weighted by atomic mass is 16.5. The molecule has 2 atom stereocenters. The summed E-state index contributed by atoms with van der Waals surface area (Å²) in [7, 11) is 1.72. The molecule has 1 aliphatic carbocycles. The topological polar surface area (TPSA) is 63.2 Å². The van der Waals surface area contributed by atoms with Gasteiger partial charge < -0.3 is 15.4 Å². The molecule has 0 spiro atoms. The predicted octanol–water partition coefficient (Wildman–Crippen LogP) is 3.23. The van der Waals surface area contributed by atoms with Gasteiger partial charge in [-0.25, -0.2) is 4.79 Å². The Labute approximate surface area is 130 Å². The first-order valence-electron chi connectivity index (χ1n) is 7.61. The number of pyridine rings is 1. The molecule has 2 aromatic rings.